The molecule has 0 unspecified atom stereocenters. The Morgan fingerprint density at radius 2 is 2.07 bits per heavy atom. The fraction of sp³-hybridized carbons (Fsp3) is 0.583. The van der Waals surface area contributed by atoms with Gasteiger partial charge in [0.25, 0.3) is 0 Å². The molecule has 0 amide bonds. The minimum absolute atomic E-state index is 0.783. The number of hydrogen-bond acceptors (Lipinski definition) is 2. The molecule has 0 saturated carbocycles. The van der Waals surface area contributed by atoms with E-state index in [-0.39, 0.29) is 0 Å². The largest absolute Gasteiger partial charge is 0.381 e. The average molecular weight is 272 g/mol. The van der Waals surface area contributed by atoms with Crippen LogP contribution in [-0.2, 0) is 11.2 Å². The van der Waals surface area contributed by atoms with Gasteiger partial charge < -0.3 is 4.74 Å². The predicted octanol–water partition coefficient (Wildman–Crippen LogP) is 3.21. The standard InChI is InChI=1S/C12H18BrNO/c13-8-3-1-5-10-15-11-7-12-6-2-4-9-14-12/h2,4,6,9H,1,3,5,7-8,10-11H2. The van der Waals surface area contributed by atoms with Crippen molar-refractivity contribution in [2.45, 2.75) is 25.7 Å². The molecule has 0 bridgehead atoms. The Bertz CT molecular complexity index is 241. The first kappa shape index (κ1) is 12.7. The third kappa shape index (κ3) is 6.63. The third-order valence-electron chi connectivity index (χ3n) is 2.15. The molecule has 1 aromatic heterocycles. The van der Waals surface area contributed by atoms with Crippen molar-refractivity contribution in [3.05, 3.63) is 30.1 Å². The first-order valence-electron chi connectivity index (χ1n) is 5.47. The number of rotatable bonds is 8. The molecular weight excluding hydrogens is 254 g/mol. The normalized spacial score (nSPS) is 10.5. The van der Waals surface area contributed by atoms with Gasteiger partial charge in [-0.2, -0.15) is 0 Å². The highest BCUT2D eigenvalue weighted by Gasteiger charge is 1.93. The molecule has 1 rings (SSSR count). The van der Waals surface area contributed by atoms with Gasteiger partial charge in [0, 0.05) is 30.2 Å². The van der Waals surface area contributed by atoms with Gasteiger partial charge in [0.2, 0.25) is 0 Å². The van der Waals surface area contributed by atoms with E-state index < -0.39 is 0 Å². The number of unbranched alkanes of at least 4 members (excludes halogenated alkanes) is 2. The van der Waals surface area contributed by atoms with Crippen LogP contribution in [0.25, 0.3) is 0 Å². The number of alkyl halides is 1. The van der Waals surface area contributed by atoms with Crippen LogP contribution in [0.15, 0.2) is 24.4 Å². The lowest BCUT2D eigenvalue weighted by atomic mass is 10.2. The van der Waals surface area contributed by atoms with Gasteiger partial charge in [-0.1, -0.05) is 28.4 Å². The second kappa shape index (κ2) is 8.86. The highest BCUT2D eigenvalue weighted by atomic mass is 79.9. The lowest BCUT2D eigenvalue weighted by molar-refractivity contribution is 0.132. The summed E-state index contributed by atoms with van der Waals surface area (Å²) in [7, 11) is 0. The van der Waals surface area contributed by atoms with Gasteiger partial charge in [-0.3, -0.25) is 4.98 Å². The van der Waals surface area contributed by atoms with Crippen LogP contribution in [0.2, 0.25) is 0 Å². The topological polar surface area (TPSA) is 22.1 Å². The van der Waals surface area contributed by atoms with Gasteiger partial charge in [0.15, 0.2) is 0 Å². The van der Waals surface area contributed by atoms with E-state index >= 15 is 0 Å². The number of ether oxygens (including phenoxy) is 1. The summed E-state index contributed by atoms with van der Waals surface area (Å²) >= 11 is 3.41. The highest BCUT2D eigenvalue weighted by molar-refractivity contribution is 9.09. The molecule has 0 saturated heterocycles. The van der Waals surface area contributed by atoms with Crippen LogP contribution in [0.1, 0.15) is 25.0 Å². The summed E-state index contributed by atoms with van der Waals surface area (Å²) in [5, 5.41) is 1.10. The fourth-order valence-electron chi connectivity index (χ4n) is 1.30. The number of aromatic nitrogens is 1. The van der Waals surface area contributed by atoms with Crippen LogP contribution in [0.4, 0.5) is 0 Å². The van der Waals surface area contributed by atoms with Gasteiger partial charge >= 0.3 is 0 Å². The molecule has 0 N–H and O–H groups in total. The Morgan fingerprint density at radius 3 is 2.80 bits per heavy atom. The van der Waals surface area contributed by atoms with Crippen molar-refractivity contribution >= 4 is 15.9 Å². The Balaban J connectivity index is 1.93. The summed E-state index contributed by atoms with van der Waals surface area (Å²) < 4.78 is 5.53. The zero-order valence-electron chi connectivity index (χ0n) is 8.99. The Labute approximate surface area is 100 Å². The number of pyridine rings is 1. The van der Waals surface area contributed by atoms with E-state index in [1.54, 1.807) is 0 Å². The maximum atomic E-state index is 5.53. The molecule has 2 nitrogen and oxygen atoms in total. The zero-order valence-corrected chi connectivity index (χ0v) is 10.6. The van der Waals surface area contributed by atoms with Crippen molar-refractivity contribution in [1.29, 1.82) is 0 Å². The number of hydrogen-bond donors (Lipinski definition) is 0. The van der Waals surface area contributed by atoms with Crippen LogP contribution in [0, 0.1) is 0 Å². The molecule has 3 heteroatoms. The summed E-state index contributed by atoms with van der Waals surface area (Å²) in [6.07, 6.45) is 6.39. The predicted molar refractivity (Wildman–Crippen MR) is 66.4 cm³/mol. The molecule has 0 spiro atoms. The van der Waals surface area contributed by atoms with Gasteiger partial charge in [-0.15, -0.1) is 0 Å². The van der Waals surface area contributed by atoms with Gasteiger partial charge in [0.1, 0.15) is 0 Å². The second-order valence-corrected chi connectivity index (χ2v) is 4.23. The minimum Gasteiger partial charge on any atom is -0.381 e. The van der Waals surface area contributed by atoms with Crippen molar-refractivity contribution in [1.82, 2.24) is 4.98 Å². The first-order valence-corrected chi connectivity index (χ1v) is 6.59. The molecule has 15 heavy (non-hydrogen) atoms. The molecule has 0 aliphatic rings. The quantitative estimate of drug-likeness (QED) is 0.535. The SMILES string of the molecule is BrCCCCCOCCc1ccccn1. The molecule has 1 aromatic rings. The summed E-state index contributed by atoms with van der Waals surface area (Å²) in [4.78, 5) is 4.24. The van der Waals surface area contributed by atoms with E-state index in [9.17, 15) is 0 Å². The molecule has 0 atom stereocenters. The van der Waals surface area contributed by atoms with Crippen molar-refractivity contribution in [3.63, 3.8) is 0 Å². The van der Waals surface area contributed by atoms with Gasteiger partial charge in [-0.25, -0.2) is 0 Å². The molecule has 0 aliphatic carbocycles. The number of nitrogens with zero attached hydrogens (tertiary/aromatic N) is 1. The van der Waals surface area contributed by atoms with E-state index in [1.165, 1.54) is 12.8 Å². The van der Waals surface area contributed by atoms with E-state index in [4.69, 9.17) is 4.74 Å². The first-order chi connectivity index (χ1) is 7.43. The summed E-state index contributed by atoms with van der Waals surface area (Å²) in [6.45, 7) is 1.66. The van der Waals surface area contributed by atoms with Crippen LogP contribution in [0.5, 0.6) is 0 Å². The van der Waals surface area contributed by atoms with Crippen LogP contribution >= 0.6 is 15.9 Å². The molecule has 1 heterocycles. The van der Waals surface area contributed by atoms with Crippen molar-refractivity contribution in [2.24, 2.45) is 0 Å². The molecule has 0 aliphatic heterocycles. The molecule has 0 aromatic carbocycles. The Hall–Kier alpha value is -0.410. The zero-order chi connectivity index (χ0) is 10.8. The van der Waals surface area contributed by atoms with E-state index in [0.717, 1.165) is 37.1 Å². The van der Waals surface area contributed by atoms with Crippen LogP contribution < -0.4 is 0 Å². The van der Waals surface area contributed by atoms with Crippen LogP contribution in [-0.4, -0.2) is 23.5 Å². The van der Waals surface area contributed by atoms with Crippen LogP contribution in [0.3, 0.4) is 0 Å². The Morgan fingerprint density at radius 1 is 1.13 bits per heavy atom. The van der Waals surface area contributed by atoms with E-state index in [1.807, 2.05) is 24.4 Å². The fourth-order valence-corrected chi connectivity index (χ4v) is 1.70. The van der Waals surface area contributed by atoms with E-state index in [2.05, 4.69) is 20.9 Å². The molecule has 84 valence electrons. The van der Waals surface area contributed by atoms with Crippen molar-refractivity contribution in [2.75, 3.05) is 18.5 Å². The molecule has 0 fully saturated rings. The third-order valence-corrected chi connectivity index (χ3v) is 2.71. The van der Waals surface area contributed by atoms with Crippen molar-refractivity contribution in [3.8, 4) is 0 Å². The lowest BCUT2D eigenvalue weighted by Gasteiger charge is -2.03. The monoisotopic (exact) mass is 271 g/mol. The lowest BCUT2D eigenvalue weighted by Crippen LogP contribution is -2.01. The average Bonchev–Trinajstić information content (AvgIpc) is 2.29. The summed E-state index contributed by atoms with van der Waals surface area (Å²) in [5.41, 5.74) is 1.11. The molecule has 0 radical (unpaired) electrons. The molecular formula is C12H18BrNO. The smallest absolute Gasteiger partial charge is 0.0521 e. The second-order valence-electron chi connectivity index (χ2n) is 3.43. The van der Waals surface area contributed by atoms with Crippen molar-refractivity contribution < 1.29 is 4.74 Å². The maximum absolute atomic E-state index is 5.53. The Kier molecular flexibility index (Phi) is 7.48. The highest BCUT2D eigenvalue weighted by Crippen LogP contribution is 2.00. The summed E-state index contributed by atoms with van der Waals surface area (Å²) in [5.74, 6) is 0. The summed E-state index contributed by atoms with van der Waals surface area (Å²) in [6, 6.07) is 5.98. The van der Waals surface area contributed by atoms with Gasteiger partial charge in [0.05, 0.1) is 6.61 Å². The minimum atomic E-state index is 0.783. The maximum Gasteiger partial charge on any atom is 0.0521 e. The number of halogens is 1. The van der Waals surface area contributed by atoms with E-state index in [0.29, 0.717) is 0 Å². The van der Waals surface area contributed by atoms with Gasteiger partial charge in [-0.05, 0) is 25.0 Å².